The first kappa shape index (κ1) is 7.35. The van der Waals surface area contributed by atoms with Crippen LogP contribution in [0.4, 0.5) is 0 Å². The van der Waals surface area contributed by atoms with Gasteiger partial charge in [-0.2, -0.15) is 0 Å². The Bertz CT molecular complexity index is 303. The Labute approximate surface area is 63.8 Å². The maximum atomic E-state index is 10.9. The minimum Gasteiger partial charge on any atom is -0.361 e. The van der Waals surface area contributed by atoms with Gasteiger partial charge in [0.1, 0.15) is 5.02 Å². The first-order valence-electron chi connectivity index (χ1n) is 2.97. The highest BCUT2D eigenvalue weighted by Gasteiger charge is 1.99. The molecule has 1 aromatic heterocycles. The third kappa shape index (κ3) is 1.21. The standard InChI is InChI=1S/C7H8ClNO/c1-4-3-6(10)7(8)5(2)9-4/h3H,1-2H3,(H,9,10). The molecule has 0 fully saturated rings. The minimum atomic E-state index is -0.115. The van der Waals surface area contributed by atoms with Gasteiger partial charge in [0.2, 0.25) is 5.43 Å². The molecular weight excluding hydrogens is 150 g/mol. The van der Waals surface area contributed by atoms with Gasteiger partial charge in [-0.25, -0.2) is 0 Å². The van der Waals surface area contributed by atoms with Crippen molar-refractivity contribution in [2.24, 2.45) is 0 Å². The number of aryl methyl sites for hydroxylation is 2. The lowest BCUT2D eigenvalue weighted by Gasteiger charge is -1.97. The van der Waals surface area contributed by atoms with E-state index in [2.05, 4.69) is 4.98 Å². The zero-order valence-corrected chi connectivity index (χ0v) is 6.62. The summed E-state index contributed by atoms with van der Waals surface area (Å²) in [6, 6.07) is 1.48. The SMILES string of the molecule is Cc1cc(=O)c(Cl)c(C)[nH]1. The summed E-state index contributed by atoms with van der Waals surface area (Å²) in [6.07, 6.45) is 0. The van der Waals surface area contributed by atoms with Gasteiger partial charge in [0.15, 0.2) is 0 Å². The van der Waals surface area contributed by atoms with E-state index in [1.54, 1.807) is 6.92 Å². The van der Waals surface area contributed by atoms with Gasteiger partial charge in [-0.05, 0) is 13.8 Å². The van der Waals surface area contributed by atoms with Crippen molar-refractivity contribution in [1.29, 1.82) is 0 Å². The molecule has 1 aromatic rings. The number of nitrogens with one attached hydrogen (secondary N) is 1. The smallest absolute Gasteiger partial charge is 0.200 e. The summed E-state index contributed by atoms with van der Waals surface area (Å²) < 4.78 is 0. The van der Waals surface area contributed by atoms with E-state index in [0.29, 0.717) is 0 Å². The zero-order chi connectivity index (χ0) is 7.72. The molecule has 2 nitrogen and oxygen atoms in total. The van der Waals surface area contributed by atoms with Crippen molar-refractivity contribution in [3.63, 3.8) is 0 Å². The molecule has 0 aliphatic rings. The van der Waals surface area contributed by atoms with Crippen LogP contribution in [0.15, 0.2) is 10.9 Å². The first-order valence-corrected chi connectivity index (χ1v) is 3.35. The molecule has 54 valence electrons. The fourth-order valence-corrected chi connectivity index (χ4v) is 0.933. The van der Waals surface area contributed by atoms with Crippen molar-refractivity contribution in [3.05, 3.63) is 32.7 Å². The summed E-state index contributed by atoms with van der Waals surface area (Å²) in [5, 5.41) is 0.283. The van der Waals surface area contributed by atoms with Crippen LogP contribution in [-0.2, 0) is 0 Å². The van der Waals surface area contributed by atoms with E-state index in [4.69, 9.17) is 11.6 Å². The van der Waals surface area contributed by atoms with Crippen LogP contribution < -0.4 is 5.43 Å². The predicted octanol–water partition coefficient (Wildman–Crippen LogP) is 1.65. The molecule has 0 aliphatic heterocycles. The molecule has 0 saturated heterocycles. The molecular formula is C7H8ClNO. The Kier molecular flexibility index (Phi) is 1.81. The number of H-pyrrole nitrogens is 1. The lowest BCUT2D eigenvalue weighted by Crippen LogP contribution is -2.04. The van der Waals surface area contributed by atoms with Crippen molar-refractivity contribution >= 4 is 11.6 Å². The van der Waals surface area contributed by atoms with Gasteiger partial charge in [0, 0.05) is 17.5 Å². The molecule has 0 aromatic carbocycles. The highest BCUT2D eigenvalue weighted by molar-refractivity contribution is 6.31. The summed E-state index contributed by atoms with van der Waals surface area (Å²) in [5.74, 6) is 0. The number of aromatic amines is 1. The third-order valence-electron chi connectivity index (χ3n) is 1.28. The largest absolute Gasteiger partial charge is 0.361 e. The summed E-state index contributed by atoms with van der Waals surface area (Å²) in [4.78, 5) is 13.9. The van der Waals surface area contributed by atoms with Crippen LogP contribution in [0.5, 0.6) is 0 Å². The van der Waals surface area contributed by atoms with Gasteiger partial charge in [-0.1, -0.05) is 11.6 Å². The fraction of sp³-hybridized carbons (Fsp3) is 0.286. The average Bonchev–Trinajstić information content (AvgIpc) is 1.82. The lowest BCUT2D eigenvalue weighted by molar-refractivity contribution is 1.11. The molecule has 0 aliphatic carbocycles. The van der Waals surface area contributed by atoms with Gasteiger partial charge < -0.3 is 4.98 Å². The number of rotatable bonds is 0. The minimum absolute atomic E-state index is 0.115. The number of pyridine rings is 1. The summed E-state index contributed by atoms with van der Waals surface area (Å²) >= 11 is 5.61. The van der Waals surface area contributed by atoms with E-state index >= 15 is 0 Å². The van der Waals surface area contributed by atoms with Crippen LogP contribution in [0.25, 0.3) is 0 Å². The molecule has 0 bridgehead atoms. The molecule has 0 unspecified atom stereocenters. The normalized spacial score (nSPS) is 9.90. The van der Waals surface area contributed by atoms with Gasteiger partial charge in [0.05, 0.1) is 0 Å². The molecule has 1 N–H and O–H groups in total. The van der Waals surface area contributed by atoms with Crippen LogP contribution in [0.1, 0.15) is 11.4 Å². The fourth-order valence-electron chi connectivity index (χ4n) is 0.832. The predicted molar refractivity (Wildman–Crippen MR) is 41.5 cm³/mol. The van der Waals surface area contributed by atoms with E-state index in [0.717, 1.165) is 11.4 Å². The van der Waals surface area contributed by atoms with E-state index in [1.165, 1.54) is 6.07 Å². The number of hydrogen-bond acceptors (Lipinski definition) is 1. The second-order valence-corrected chi connectivity index (χ2v) is 2.63. The number of halogens is 1. The Balaban J connectivity index is 3.46. The van der Waals surface area contributed by atoms with Crippen molar-refractivity contribution in [3.8, 4) is 0 Å². The summed E-state index contributed by atoms with van der Waals surface area (Å²) in [5.41, 5.74) is 1.45. The summed E-state index contributed by atoms with van der Waals surface area (Å²) in [7, 11) is 0. The van der Waals surface area contributed by atoms with Crippen molar-refractivity contribution in [2.45, 2.75) is 13.8 Å². The van der Waals surface area contributed by atoms with Crippen LogP contribution in [0, 0.1) is 13.8 Å². The van der Waals surface area contributed by atoms with E-state index in [9.17, 15) is 4.79 Å². The molecule has 0 saturated carbocycles. The average molecular weight is 158 g/mol. The van der Waals surface area contributed by atoms with Crippen molar-refractivity contribution in [1.82, 2.24) is 4.98 Å². The monoisotopic (exact) mass is 157 g/mol. The molecule has 10 heavy (non-hydrogen) atoms. The maximum Gasteiger partial charge on any atom is 0.200 e. The Morgan fingerprint density at radius 2 is 2.10 bits per heavy atom. The van der Waals surface area contributed by atoms with Gasteiger partial charge in [0.25, 0.3) is 0 Å². The van der Waals surface area contributed by atoms with Gasteiger partial charge in [-0.3, -0.25) is 4.79 Å². The molecule has 1 heterocycles. The quantitative estimate of drug-likeness (QED) is 0.610. The van der Waals surface area contributed by atoms with Crippen LogP contribution >= 0.6 is 11.6 Å². The Hall–Kier alpha value is -0.760. The second-order valence-electron chi connectivity index (χ2n) is 2.26. The van der Waals surface area contributed by atoms with Gasteiger partial charge >= 0.3 is 0 Å². The van der Waals surface area contributed by atoms with Crippen LogP contribution in [-0.4, -0.2) is 4.98 Å². The molecule has 1 rings (SSSR count). The molecule has 0 atom stereocenters. The molecule has 0 spiro atoms. The number of aromatic nitrogens is 1. The van der Waals surface area contributed by atoms with E-state index in [1.807, 2.05) is 6.92 Å². The highest BCUT2D eigenvalue weighted by Crippen LogP contribution is 2.05. The lowest BCUT2D eigenvalue weighted by atomic mass is 10.3. The molecule has 0 amide bonds. The van der Waals surface area contributed by atoms with Crippen LogP contribution in [0.3, 0.4) is 0 Å². The Morgan fingerprint density at radius 1 is 1.50 bits per heavy atom. The Morgan fingerprint density at radius 3 is 2.60 bits per heavy atom. The second kappa shape index (κ2) is 2.46. The van der Waals surface area contributed by atoms with Crippen LogP contribution in [0.2, 0.25) is 5.02 Å². The zero-order valence-electron chi connectivity index (χ0n) is 5.86. The number of hydrogen-bond donors (Lipinski definition) is 1. The summed E-state index contributed by atoms with van der Waals surface area (Å²) in [6.45, 7) is 3.60. The van der Waals surface area contributed by atoms with Gasteiger partial charge in [-0.15, -0.1) is 0 Å². The maximum absolute atomic E-state index is 10.9. The van der Waals surface area contributed by atoms with E-state index < -0.39 is 0 Å². The first-order chi connectivity index (χ1) is 4.61. The van der Waals surface area contributed by atoms with Crippen molar-refractivity contribution < 1.29 is 0 Å². The third-order valence-corrected chi connectivity index (χ3v) is 1.75. The highest BCUT2D eigenvalue weighted by atomic mass is 35.5. The molecule has 0 radical (unpaired) electrons. The molecule has 3 heteroatoms. The topological polar surface area (TPSA) is 32.9 Å². The van der Waals surface area contributed by atoms with E-state index in [-0.39, 0.29) is 10.5 Å². The van der Waals surface area contributed by atoms with Crippen molar-refractivity contribution in [2.75, 3.05) is 0 Å².